The van der Waals surface area contributed by atoms with E-state index < -0.39 is 0 Å². The topological polar surface area (TPSA) is 102 Å². The van der Waals surface area contributed by atoms with Crippen molar-refractivity contribution in [3.05, 3.63) is 77.2 Å². The van der Waals surface area contributed by atoms with Gasteiger partial charge >= 0.3 is 0 Å². The molecule has 8 nitrogen and oxygen atoms in total. The number of nitrogens with one attached hydrogen (secondary N) is 1. The summed E-state index contributed by atoms with van der Waals surface area (Å²) in [5.41, 5.74) is 6.41. The zero-order valence-electron chi connectivity index (χ0n) is 21.9. The molecule has 4 heterocycles. The molecule has 2 aliphatic rings. The van der Waals surface area contributed by atoms with Crippen LogP contribution in [0, 0.1) is 17.2 Å². The largest absolute Gasteiger partial charge is 0.378 e. The van der Waals surface area contributed by atoms with Gasteiger partial charge in [-0.15, -0.1) is 0 Å². The average molecular weight is 508 g/mol. The summed E-state index contributed by atoms with van der Waals surface area (Å²) in [6, 6.07) is 15.1. The van der Waals surface area contributed by atoms with Crippen LogP contribution >= 0.6 is 0 Å². The lowest BCUT2D eigenvalue weighted by Gasteiger charge is -2.33. The number of rotatable bonds is 7. The number of hydrogen-bond donors (Lipinski definition) is 2. The van der Waals surface area contributed by atoms with E-state index in [-0.39, 0.29) is 12.3 Å². The Morgan fingerprint density at radius 2 is 1.95 bits per heavy atom. The lowest BCUT2D eigenvalue weighted by molar-refractivity contribution is -0.0258. The monoisotopic (exact) mass is 507 g/mol. The first-order valence-corrected chi connectivity index (χ1v) is 13.5. The summed E-state index contributed by atoms with van der Waals surface area (Å²) in [4.78, 5) is 15.9. The van der Waals surface area contributed by atoms with Crippen LogP contribution in [0.25, 0.3) is 17.0 Å². The number of aromatic nitrogens is 4. The second-order valence-electron chi connectivity index (χ2n) is 10.8. The van der Waals surface area contributed by atoms with Gasteiger partial charge in [0.05, 0.1) is 29.7 Å². The number of aliphatic hydroxyl groups excluding tert-OH is 1. The fourth-order valence-corrected chi connectivity index (χ4v) is 5.52. The fourth-order valence-electron chi connectivity index (χ4n) is 5.52. The van der Waals surface area contributed by atoms with Crippen LogP contribution in [-0.4, -0.2) is 49.2 Å². The molecule has 3 aromatic heterocycles. The molecule has 4 aromatic rings. The van der Waals surface area contributed by atoms with Gasteiger partial charge in [0.15, 0.2) is 0 Å². The molecule has 0 amide bonds. The predicted octanol–water partition coefficient (Wildman–Crippen LogP) is 4.92. The SMILES string of the molecule is CC(Nc1ncc(C#N)c(-c2cnc3c(C4CC4)cccn23)n1)c1ccc(CC2CCN(C)[C@@H](O)C2)cc1. The number of likely N-dealkylation sites (tertiary alicyclic amines) is 1. The van der Waals surface area contributed by atoms with Crippen molar-refractivity contribution in [2.45, 2.75) is 57.2 Å². The number of anilines is 1. The number of imidazole rings is 1. The number of benzene rings is 1. The minimum absolute atomic E-state index is 0.0151. The third kappa shape index (κ3) is 4.87. The Morgan fingerprint density at radius 3 is 2.68 bits per heavy atom. The number of nitriles is 1. The van der Waals surface area contributed by atoms with Gasteiger partial charge in [-0.05, 0) is 80.7 Å². The van der Waals surface area contributed by atoms with Crippen LogP contribution in [0.1, 0.15) is 66.8 Å². The van der Waals surface area contributed by atoms with Crippen LogP contribution in [0.15, 0.2) is 55.0 Å². The summed E-state index contributed by atoms with van der Waals surface area (Å²) in [5.74, 6) is 1.56. The molecule has 3 atom stereocenters. The third-order valence-corrected chi connectivity index (χ3v) is 8.03. The molecular formula is C30H33N7O. The standard InChI is InChI=1S/C30H33N7O/c1-19(22-7-5-20(6-8-22)14-21-11-13-36(2)27(38)15-21)34-30-33-17-24(16-31)28(35-30)26-18-32-29-25(23-9-10-23)4-3-12-37(26)29/h3-8,12,17-19,21,23,27,38H,9-11,13-15H2,1-2H3,(H,33,34,35)/t19?,21?,27-/m0/s1. The van der Waals surface area contributed by atoms with Crippen LogP contribution in [0.5, 0.6) is 0 Å². The predicted molar refractivity (Wildman–Crippen MR) is 146 cm³/mol. The van der Waals surface area contributed by atoms with E-state index in [1.807, 2.05) is 28.6 Å². The molecule has 1 aliphatic carbocycles. The molecule has 194 valence electrons. The normalized spacial score (nSPS) is 20.8. The summed E-state index contributed by atoms with van der Waals surface area (Å²) >= 11 is 0. The first-order valence-electron chi connectivity index (χ1n) is 13.5. The molecule has 0 bridgehead atoms. The van der Waals surface area contributed by atoms with Crippen molar-refractivity contribution >= 4 is 11.6 Å². The van der Waals surface area contributed by atoms with E-state index >= 15 is 0 Å². The molecule has 2 unspecified atom stereocenters. The molecule has 38 heavy (non-hydrogen) atoms. The average Bonchev–Trinajstić information content (AvgIpc) is 3.69. The molecule has 2 fully saturated rings. The summed E-state index contributed by atoms with van der Waals surface area (Å²) in [6.07, 6.45) is 10.4. The third-order valence-electron chi connectivity index (χ3n) is 8.03. The summed E-state index contributed by atoms with van der Waals surface area (Å²) in [5, 5.41) is 23.3. The first-order chi connectivity index (χ1) is 18.5. The highest BCUT2D eigenvalue weighted by Gasteiger charge is 2.27. The molecule has 1 saturated heterocycles. The van der Waals surface area contributed by atoms with E-state index in [0.717, 1.165) is 42.7 Å². The second-order valence-corrected chi connectivity index (χ2v) is 10.8. The summed E-state index contributed by atoms with van der Waals surface area (Å²) < 4.78 is 2.03. The molecule has 8 heteroatoms. The minimum atomic E-state index is -0.338. The van der Waals surface area contributed by atoms with E-state index in [9.17, 15) is 10.4 Å². The number of hydrogen-bond acceptors (Lipinski definition) is 7. The highest BCUT2D eigenvalue weighted by Crippen LogP contribution is 2.42. The Kier molecular flexibility index (Phi) is 6.56. The Morgan fingerprint density at radius 1 is 1.13 bits per heavy atom. The highest BCUT2D eigenvalue weighted by atomic mass is 16.3. The quantitative estimate of drug-likeness (QED) is 0.366. The molecule has 1 aliphatic heterocycles. The van der Waals surface area contributed by atoms with Gasteiger partial charge in [-0.25, -0.2) is 15.0 Å². The second kappa shape index (κ2) is 10.2. The maximum atomic E-state index is 10.2. The van der Waals surface area contributed by atoms with Gasteiger partial charge in [0.1, 0.15) is 23.6 Å². The maximum Gasteiger partial charge on any atom is 0.223 e. The van der Waals surface area contributed by atoms with E-state index in [4.69, 9.17) is 4.98 Å². The van der Waals surface area contributed by atoms with Gasteiger partial charge in [0.25, 0.3) is 0 Å². The van der Waals surface area contributed by atoms with Crippen LogP contribution < -0.4 is 5.32 Å². The van der Waals surface area contributed by atoms with Crippen molar-refractivity contribution in [2.24, 2.45) is 5.92 Å². The zero-order chi connectivity index (χ0) is 26.2. The Labute approximate surface area is 223 Å². The summed E-state index contributed by atoms with van der Waals surface area (Å²) in [7, 11) is 1.98. The van der Waals surface area contributed by atoms with Crippen molar-refractivity contribution in [1.29, 1.82) is 5.26 Å². The molecular weight excluding hydrogens is 474 g/mol. The van der Waals surface area contributed by atoms with Crippen molar-refractivity contribution < 1.29 is 5.11 Å². The van der Waals surface area contributed by atoms with Crippen LogP contribution in [0.3, 0.4) is 0 Å². The number of pyridine rings is 1. The van der Waals surface area contributed by atoms with E-state index in [1.54, 1.807) is 12.4 Å². The Hall–Kier alpha value is -3.80. The van der Waals surface area contributed by atoms with E-state index in [2.05, 4.69) is 58.6 Å². The van der Waals surface area contributed by atoms with Crippen LogP contribution in [-0.2, 0) is 6.42 Å². The number of aliphatic hydroxyl groups is 1. The number of piperidine rings is 1. The minimum Gasteiger partial charge on any atom is -0.378 e. The molecule has 1 aromatic carbocycles. The van der Waals surface area contributed by atoms with Crippen molar-refractivity contribution in [1.82, 2.24) is 24.3 Å². The van der Waals surface area contributed by atoms with Crippen LogP contribution in [0.2, 0.25) is 0 Å². The number of fused-ring (bicyclic) bond motifs is 1. The lowest BCUT2D eigenvalue weighted by atomic mass is 9.89. The molecule has 0 spiro atoms. The van der Waals surface area contributed by atoms with Gasteiger partial charge in [0.2, 0.25) is 5.95 Å². The van der Waals surface area contributed by atoms with Gasteiger partial charge in [-0.2, -0.15) is 5.26 Å². The fraction of sp³-hybridized carbons (Fsp3) is 0.400. The van der Waals surface area contributed by atoms with Crippen molar-refractivity contribution in [2.75, 3.05) is 18.9 Å². The summed E-state index contributed by atoms with van der Waals surface area (Å²) in [6.45, 7) is 3.02. The molecule has 1 saturated carbocycles. The smallest absolute Gasteiger partial charge is 0.223 e. The van der Waals surface area contributed by atoms with E-state index in [1.165, 1.54) is 24.0 Å². The van der Waals surface area contributed by atoms with Gasteiger partial charge in [-0.1, -0.05) is 30.3 Å². The lowest BCUT2D eigenvalue weighted by Crippen LogP contribution is -2.40. The Balaban J connectivity index is 1.19. The maximum absolute atomic E-state index is 10.2. The van der Waals surface area contributed by atoms with Crippen LogP contribution in [0.4, 0.5) is 5.95 Å². The first kappa shape index (κ1) is 24.5. The van der Waals surface area contributed by atoms with Crippen molar-refractivity contribution in [3.63, 3.8) is 0 Å². The van der Waals surface area contributed by atoms with Gasteiger partial charge in [0, 0.05) is 12.7 Å². The Bertz CT molecular complexity index is 1490. The highest BCUT2D eigenvalue weighted by molar-refractivity contribution is 5.68. The van der Waals surface area contributed by atoms with Crippen molar-refractivity contribution in [3.8, 4) is 17.5 Å². The zero-order valence-corrected chi connectivity index (χ0v) is 21.9. The van der Waals surface area contributed by atoms with E-state index in [0.29, 0.717) is 29.0 Å². The van der Waals surface area contributed by atoms with Gasteiger partial charge in [-0.3, -0.25) is 9.30 Å². The number of nitrogens with zero attached hydrogens (tertiary/aromatic N) is 6. The molecule has 6 rings (SSSR count). The molecule has 2 N–H and O–H groups in total. The van der Waals surface area contributed by atoms with Gasteiger partial charge < -0.3 is 10.4 Å². The molecule has 0 radical (unpaired) electrons.